The molecule has 0 atom stereocenters. The molecule has 0 bridgehead atoms. The number of nitrogens with zero attached hydrogens (tertiary/aromatic N) is 2. The molecule has 0 fully saturated rings. The fraction of sp³-hybridized carbons (Fsp3) is 0.286. The lowest BCUT2D eigenvalue weighted by Gasteiger charge is -2.07. The normalized spacial score (nSPS) is 10.5. The van der Waals surface area contributed by atoms with Gasteiger partial charge in [-0.2, -0.15) is 0 Å². The monoisotopic (exact) mass is 258 g/mol. The summed E-state index contributed by atoms with van der Waals surface area (Å²) in [5, 5.41) is 2.86. The molecule has 5 nitrogen and oxygen atoms in total. The maximum absolute atomic E-state index is 12.1. The Bertz CT molecular complexity index is 589. The van der Waals surface area contributed by atoms with Crippen LogP contribution in [0.25, 0.3) is 0 Å². The minimum Gasteiger partial charge on any atom is -0.335 e. The van der Waals surface area contributed by atoms with Crippen LogP contribution in [-0.4, -0.2) is 22.0 Å². The zero-order valence-electron chi connectivity index (χ0n) is 11.2. The van der Waals surface area contributed by atoms with Gasteiger partial charge in [-0.15, -0.1) is 0 Å². The van der Waals surface area contributed by atoms with Crippen molar-refractivity contribution in [1.82, 2.24) is 9.55 Å². The molecule has 1 heterocycles. The number of benzene rings is 1. The molecular formula is C14H18N4O. The molecule has 5 heteroatoms. The Morgan fingerprint density at radius 2 is 2.21 bits per heavy atom. The zero-order valence-corrected chi connectivity index (χ0v) is 11.2. The molecule has 0 aliphatic rings. The van der Waals surface area contributed by atoms with E-state index in [4.69, 9.17) is 5.73 Å². The van der Waals surface area contributed by atoms with E-state index in [1.165, 1.54) is 5.56 Å². The van der Waals surface area contributed by atoms with Crippen LogP contribution in [0, 0.1) is 13.8 Å². The molecule has 0 aliphatic carbocycles. The standard InChI is InChI=1S/C14H18N4O/c1-10-3-4-12(11(2)7-10)17-14(19)13-8-18(6-5-15)9-16-13/h3-4,7-9H,5-6,15H2,1-2H3,(H,17,19). The van der Waals surface area contributed by atoms with Gasteiger partial charge >= 0.3 is 0 Å². The number of anilines is 1. The van der Waals surface area contributed by atoms with Crippen molar-refractivity contribution in [2.45, 2.75) is 20.4 Å². The highest BCUT2D eigenvalue weighted by molar-refractivity contribution is 6.03. The predicted octanol–water partition coefficient (Wildman–Crippen LogP) is 1.71. The average Bonchev–Trinajstić information content (AvgIpc) is 2.82. The number of imidazole rings is 1. The van der Waals surface area contributed by atoms with Crippen molar-refractivity contribution in [3.8, 4) is 0 Å². The van der Waals surface area contributed by atoms with Crippen LogP contribution in [-0.2, 0) is 6.54 Å². The van der Waals surface area contributed by atoms with Crippen LogP contribution in [0.5, 0.6) is 0 Å². The second-order valence-electron chi connectivity index (χ2n) is 4.56. The van der Waals surface area contributed by atoms with Crippen LogP contribution >= 0.6 is 0 Å². The average molecular weight is 258 g/mol. The van der Waals surface area contributed by atoms with E-state index >= 15 is 0 Å². The first kappa shape index (κ1) is 13.3. The van der Waals surface area contributed by atoms with Gasteiger partial charge in [0.25, 0.3) is 5.91 Å². The third-order valence-electron chi connectivity index (χ3n) is 2.88. The van der Waals surface area contributed by atoms with Crippen LogP contribution in [0.3, 0.4) is 0 Å². The Morgan fingerprint density at radius 3 is 2.89 bits per heavy atom. The van der Waals surface area contributed by atoms with Gasteiger partial charge in [-0.05, 0) is 25.5 Å². The van der Waals surface area contributed by atoms with E-state index in [2.05, 4.69) is 10.3 Å². The van der Waals surface area contributed by atoms with E-state index in [1.54, 1.807) is 17.1 Å². The van der Waals surface area contributed by atoms with Crippen LogP contribution in [0.15, 0.2) is 30.7 Å². The first-order valence-corrected chi connectivity index (χ1v) is 6.20. The lowest BCUT2D eigenvalue weighted by atomic mass is 10.1. The Balaban J connectivity index is 2.11. The second-order valence-corrected chi connectivity index (χ2v) is 4.56. The summed E-state index contributed by atoms with van der Waals surface area (Å²) >= 11 is 0. The Kier molecular flexibility index (Phi) is 3.97. The highest BCUT2D eigenvalue weighted by atomic mass is 16.1. The van der Waals surface area contributed by atoms with Crippen molar-refractivity contribution in [3.63, 3.8) is 0 Å². The number of nitrogens with two attached hydrogens (primary N) is 1. The summed E-state index contributed by atoms with van der Waals surface area (Å²) in [5.74, 6) is -0.206. The molecule has 3 N–H and O–H groups in total. The molecule has 1 aromatic carbocycles. The van der Waals surface area contributed by atoms with E-state index in [0.29, 0.717) is 18.8 Å². The maximum atomic E-state index is 12.1. The second kappa shape index (κ2) is 5.67. The number of aromatic nitrogens is 2. The molecule has 0 saturated carbocycles. The third kappa shape index (κ3) is 3.20. The van der Waals surface area contributed by atoms with Gasteiger partial charge in [-0.1, -0.05) is 17.7 Å². The van der Waals surface area contributed by atoms with E-state index in [9.17, 15) is 4.79 Å². The number of carbonyl (C=O) groups excluding carboxylic acids is 1. The molecule has 0 aliphatic heterocycles. The number of amides is 1. The molecule has 2 rings (SSSR count). The molecule has 0 unspecified atom stereocenters. The van der Waals surface area contributed by atoms with Gasteiger partial charge in [0, 0.05) is 25.0 Å². The smallest absolute Gasteiger partial charge is 0.275 e. The number of aryl methyl sites for hydroxylation is 2. The number of carbonyl (C=O) groups is 1. The van der Waals surface area contributed by atoms with Crippen molar-refractivity contribution in [1.29, 1.82) is 0 Å². The quantitative estimate of drug-likeness (QED) is 0.876. The fourth-order valence-electron chi connectivity index (χ4n) is 1.89. The van der Waals surface area contributed by atoms with E-state index in [-0.39, 0.29) is 5.91 Å². The van der Waals surface area contributed by atoms with Gasteiger partial charge in [0.15, 0.2) is 0 Å². The Labute approximate surface area is 112 Å². The van der Waals surface area contributed by atoms with Crippen LogP contribution in [0.1, 0.15) is 21.6 Å². The van der Waals surface area contributed by atoms with Gasteiger partial charge in [0.05, 0.1) is 6.33 Å². The van der Waals surface area contributed by atoms with E-state index in [0.717, 1.165) is 11.3 Å². The summed E-state index contributed by atoms with van der Waals surface area (Å²) in [7, 11) is 0. The van der Waals surface area contributed by atoms with Crippen LogP contribution in [0.2, 0.25) is 0 Å². The molecule has 100 valence electrons. The highest BCUT2D eigenvalue weighted by Crippen LogP contribution is 2.16. The first-order valence-electron chi connectivity index (χ1n) is 6.20. The molecule has 19 heavy (non-hydrogen) atoms. The number of nitrogens with one attached hydrogen (secondary N) is 1. The molecular weight excluding hydrogens is 240 g/mol. The molecule has 2 aromatic rings. The van der Waals surface area contributed by atoms with Gasteiger partial charge in [-0.25, -0.2) is 4.98 Å². The van der Waals surface area contributed by atoms with Crippen molar-refractivity contribution >= 4 is 11.6 Å². The number of hydrogen-bond acceptors (Lipinski definition) is 3. The van der Waals surface area contributed by atoms with Gasteiger partial charge in [0.1, 0.15) is 5.69 Å². The summed E-state index contributed by atoms with van der Waals surface area (Å²) in [4.78, 5) is 16.1. The lowest BCUT2D eigenvalue weighted by Crippen LogP contribution is -2.13. The van der Waals surface area contributed by atoms with Crippen LogP contribution < -0.4 is 11.1 Å². The van der Waals surface area contributed by atoms with Crippen molar-refractivity contribution in [3.05, 3.63) is 47.5 Å². The summed E-state index contributed by atoms with van der Waals surface area (Å²) in [6.07, 6.45) is 3.31. The van der Waals surface area contributed by atoms with Gasteiger partial charge in [0.2, 0.25) is 0 Å². The lowest BCUT2D eigenvalue weighted by molar-refractivity contribution is 0.102. The van der Waals surface area contributed by atoms with Gasteiger partial charge < -0.3 is 15.6 Å². The highest BCUT2D eigenvalue weighted by Gasteiger charge is 2.10. The molecule has 0 saturated heterocycles. The zero-order chi connectivity index (χ0) is 13.8. The maximum Gasteiger partial charge on any atom is 0.275 e. The molecule has 0 spiro atoms. The van der Waals surface area contributed by atoms with E-state index < -0.39 is 0 Å². The predicted molar refractivity (Wildman–Crippen MR) is 75.2 cm³/mol. The summed E-state index contributed by atoms with van der Waals surface area (Å²) < 4.78 is 1.80. The molecule has 1 amide bonds. The SMILES string of the molecule is Cc1ccc(NC(=O)c2cn(CCN)cn2)c(C)c1. The minimum atomic E-state index is -0.206. The molecule has 0 radical (unpaired) electrons. The largest absolute Gasteiger partial charge is 0.335 e. The van der Waals surface area contributed by atoms with Crippen molar-refractivity contribution < 1.29 is 4.79 Å². The van der Waals surface area contributed by atoms with Gasteiger partial charge in [-0.3, -0.25) is 4.79 Å². The van der Waals surface area contributed by atoms with Crippen molar-refractivity contribution in [2.75, 3.05) is 11.9 Å². The Morgan fingerprint density at radius 1 is 1.42 bits per heavy atom. The summed E-state index contributed by atoms with van der Waals surface area (Å²) in [6, 6.07) is 5.90. The number of rotatable bonds is 4. The molecule has 1 aromatic heterocycles. The number of hydrogen-bond donors (Lipinski definition) is 2. The summed E-state index contributed by atoms with van der Waals surface area (Å²) in [5.41, 5.74) is 8.87. The van der Waals surface area contributed by atoms with Crippen molar-refractivity contribution in [2.24, 2.45) is 5.73 Å². The topological polar surface area (TPSA) is 72.9 Å². The Hall–Kier alpha value is -2.14. The van der Waals surface area contributed by atoms with Crippen LogP contribution in [0.4, 0.5) is 5.69 Å². The third-order valence-corrected chi connectivity index (χ3v) is 2.88. The fourth-order valence-corrected chi connectivity index (χ4v) is 1.89. The minimum absolute atomic E-state index is 0.206. The first-order chi connectivity index (χ1) is 9.10. The summed E-state index contributed by atoms with van der Waals surface area (Å²) in [6.45, 7) is 5.17. The van der Waals surface area contributed by atoms with E-state index in [1.807, 2.05) is 32.0 Å².